The van der Waals surface area contributed by atoms with Gasteiger partial charge >= 0.3 is 0 Å². The third-order valence-electron chi connectivity index (χ3n) is 2.62. The molecule has 98 valence electrons. The summed E-state index contributed by atoms with van der Waals surface area (Å²) in [6, 6.07) is 5.76. The molecule has 0 aliphatic rings. The zero-order valence-corrected chi connectivity index (χ0v) is 11.0. The molecule has 0 bridgehead atoms. The van der Waals surface area contributed by atoms with Gasteiger partial charge in [-0.1, -0.05) is 0 Å². The van der Waals surface area contributed by atoms with Gasteiger partial charge < -0.3 is 15.0 Å². The molecule has 1 aromatic heterocycles. The Kier molecular flexibility index (Phi) is 6.96. The maximum atomic E-state index is 8.74. The molecule has 0 radical (unpaired) electrons. The van der Waals surface area contributed by atoms with Crippen LogP contribution in [-0.4, -0.2) is 50.3 Å². The number of nitriles is 1. The lowest BCUT2D eigenvalue weighted by Crippen LogP contribution is -2.31. The van der Waals surface area contributed by atoms with E-state index in [9.17, 15) is 0 Å². The maximum Gasteiger partial charge on any atom is 0.140 e. The Balaban J connectivity index is 2.19. The number of nitrogens with zero attached hydrogens (tertiary/aromatic N) is 3. The van der Waals surface area contributed by atoms with Crippen molar-refractivity contribution >= 4 is 0 Å². The van der Waals surface area contributed by atoms with E-state index in [1.807, 2.05) is 18.2 Å². The van der Waals surface area contributed by atoms with Crippen molar-refractivity contribution in [2.24, 2.45) is 0 Å². The molecule has 0 unspecified atom stereocenters. The topological polar surface area (TPSA) is 61.2 Å². The van der Waals surface area contributed by atoms with Gasteiger partial charge in [0.25, 0.3) is 0 Å². The molecule has 0 aliphatic carbocycles. The summed E-state index contributed by atoms with van der Waals surface area (Å²) in [5, 5.41) is 12.1. The van der Waals surface area contributed by atoms with Gasteiger partial charge in [-0.05, 0) is 24.7 Å². The number of rotatable bonds is 8. The highest BCUT2D eigenvalue weighted by Crippen LogP contribution is 1.99. The van der Waals surface area contributed by atoms with E-state index >= 15 is 0 Å². The molecule has 5 nitrogen and oxygen atoms in total. The Bertz CT molecular complexity index is 389. The quantitative estimate of drug-likeness (QED) is 0.683. The largest absolute Gasteiger partial charge is 0.383 e. The number of likely N-dealkylation sites (N-methyl/N-ethyl adjacent to an activating group) is 1. The van der Waals surface area contributed by atoms with Gasteiger partial charge in [0.2, 0.25) is 0 Å². The predicted octanol–water partition coefficient (Wildman–Crippen LogP) is 0.621. The zero-order chi connectivity index (χ0) is 13.2. The Morgan fingerprint density at radius 1 is 1.50 bits per heavy atom. The van der Waals surface area contributed by atoms with Crippen LogP contribution in [0.1, 0.15) is 11.3 Å². The van der Waals surface area contributed by atoms with E-state index in [1.54, 1.807) is 13.3 Å². The zero-order valence-electron chi connectivity index (χ0n) is 11.0. The Labute approximate surface area is 108 Å². The van der Waals surface area contributed by atoms with Gasteiger partial charge in [-0.2, -0.15) is 5.26 Å². The lowest BCUT2D eigenvalue weighted by atomic mass is 10.2. The molecule has 5 heteroatoms. The fourth-order valence-electron chi connectivity index (χ4n) is 1.51. The van der Waals surface area contributed by atoms with E-state index < -0.39 is 0 Å². The van der Waals surface area contributed by atoms with Crippen LogP contribution in [0.25, 0.3) is 0 Å². The number of pyridine rings is 1. The molecule has 0 amide bonds. The summed E-state index contributed by atoms with van der Waals surface area (Å²) in [6.45, 7) is 4.33. The van der Waals surface area contributed by atoms with Crippen LogP contribution in [0.2, 0.25) is 0 Å². The molecule has 18 heavy (non-hydrogen) atoms. The number of methoxy groups -OCH3 is 1. The van der Waals surface area contributed by atoms with Gasteiger partial charge in [0, 0.05) is 39.5 Å². The molecule has 0 aliphatic heterocycles. The minimum atomic E-state index is 0.464. The van der Waals surface area contributed by atoms with Gasteiger partial charge in [-0.3, -0.25) is 0 Å². The summed E-state index contributed by atoms with van der Waals surface area (Å²) in [5.74, 6) is 0. The van der Waals surface area contributed by atoms with Crippen LogP contribution in [0, 0.1) is 11.3 Å². The number of hydrogen-bond acceptors (Lipinski definition) is 5. The highest BCUT2D eigenvalue weighted by atomic mass is 16.5. The second-order valence-electron chi connectivity index (χ2n) is 4.13. The number of ether oxygens (including phenoxy) is 1. The first-order valence-corrected chi connectivity index (χ1v) is 5.99. The van der Waals surface area contributed by atoms with Gasteiger partial charge in [-0.15, -0.1) is 0 Å². The molecule has 0 aromatic carbocycles. The van der Waals surface area contributed by atoms with Crippen LogP contribution < -0.4 is 5.32 Å². The first-order valence-electron chi connectivity index (χ1n) is 5.99. The first-order chi connectivity index (χ1) is 8.76. The second-order valence-corrected chi connectivity index (χ2v) is 4.13. The van der Waals surface area contributed by atoms with Crippen molar-refractivity contribution in [3.8, 4) is 6.07 Å². The molecule has 1 aromatic rings. The average molecular weight is 248 g/mol. The average Bonchev–Trinajstić information content (AvgIpc) is 2.41. The molecule has 0 spiro atoms. The van der Waals surface area contributed by atoms with Crippen molar-refractivity contribution in [1.82, 2.24) is 15.2 Å². The molecular formula is C13H20N4O. The molecule has 0 saturated heterocycles. The first kappa shape index (κ1) is 14.6. The maximum absolute atomic E-state index is 8.74. The molecule has 0 saturated carbocycles. The van der Waals surface area contributed by atoms with Crippen molar-refractivity contribution in [1.29, 1.82) is 5.26 Å². The summed E-state index contributed by atoms with van der Waals surface area (Å²) in [6.07, 6.45) is 1.67. The van der Waals surface area contributed by atoms with Crippen molar-refractivity contribution in [3.63, 3.8) is 0 Å². The lowest BCUT2D eigenvalue weighted by Gasteiger charge is -2.16. The van der Waals surface area contributed by atoms with E-state index in [2.05, 4.69) is 22.2 Å². The van der Waals surface area contributed by atoms with Crippen LogP contribution in [0.15, 0.2) is 18.3 Å². The fraction of sp³-hybridized carbons (Fsp3) is 0.538. The molecule has 1 rings (SSSR count). The highest BCUT2D eigenvalue weighted by molar-refractivity contribution is 5.25. The second kappa shape index (κ2) is 8.59. The summed E-state index contributed by atoms with van der Waals surface area (Å²) in [5.41, 5.74) is 1.55. The summed E-state index contributed by atoms with van der Waals surface area (Å²) < 4.78 is 5.01. The number of nitrogens with one attached hydrogen (secondary N) is 1. The van der Waals surface area contributed by atoms with Crippen molar-refractivity contribution in [2.45, 2.75) is 6.54 Å². The minimum Gasteiger partial charge on any atom is -0.383 e. The molecule has 1 N–H and O–H groups in total. The van der Waals surface area contributed by atoms with Crippen LogP contribution >= 0.6 is 0 Å². The molecule has 0 atom stereocenters. The van der Waals surface area contributed by atoms with Crippen molar-refractivity contribution in [2.75, 3.05) is 40.4 Å². The Hall–Kier alpha value is -1.48. The van der Waals surface area contributed by atoms with Gasteiger partial charge in [0.05, 0.1) is 6.61 Å². The molecule has 1 heterocycles. The molecular weight excluding hydrogens is 228 g/mol. The van der Waals surface area contributed by atoms with Crippen molar-refractivity contribution < 1.29 is 4.74 Å². The third-order valence-corrected chi connectivity index (χ3v) is 2.62. The van der Waals surface area contributed by atoms with E-state index in [0.29, 0.717) is 5.69 Å². The number of aromatic nitrogens is 1. The van der Waals surface area contributed by atoms with Crippen LogP contribution in [0.3, 0.4) is 0 Å². The molecule has 0 fully saturated rings. The standard InChI is InChI=1S/C13H20N4O/c1-17(7-8-18-2)6-5-15-11-12-3-4-16-13(9-12)10-14/h3-4,9,15H,5-8,11H2,1-2H3. The summed E-state index contributed by atoms with van der Waals surface area (Å²) in [7, 11) is 3.78. The SMILES string of the molecule is COCCN(C)CCNCc1ccnc(C#N)c1. The monoisotopic (exact) mass is 248 g/mol. The third kappa shape index (κ3) is 5.73. The Morgan fingerprint density at radius 3 is 3.06 bits per heavy atom. The Morgan fingerprint density at radius 2 is 2.33 bits per heavy atom. The summed E-state index contributed by atoms with van der Waals surface area (Å²) in [4.78, 5) is 6.15. The highest BCUT2D eigenvalue weighted by Gasteiger charge is 1.98. The van der Waals surface area contributed by atoms with Gasteiger partial charge in [-0.25, -0.2) is 4.98 Å². The van der Waals surface area contributed by atoms with Crippen LogP contribution in [0.5, 0.6) is 0 Å². The van der Waals surface area contributed by atoms with E-state index in [1.165, 1.54) is 0 Å². The van der Waals surface area contributed by atoms with Crippen LogP contribution in [-0.2, 0) is 11.3 Å². The fourth-order valence-corrected chi connectivity index (χ4v) is 1.51. The van der Waals surface area contributed by atoms with E-state index in [-0.39, 0.29) is 0 Å². The lowest BCUT2D eigenvalue weighted by molar-refractivity contribution is 0.161. The van der Waals surface area contributed by atoms with Crippen LogP contribution in [0.4, 0.5) is 0 Å². The van der Waals surface area contributed by atoms with Gasteiger partial charge in [0.1, 0.15) is 11.8 Å². The predicted molar refractivity (Wildman–Crippen MR) is 70.0 cm³/mol. The smallest absolute Gasteiger partial charge is 0.140 e. The van der Waals surface area contributed by atoms with E-state index in [0.717, 1.165) is 38.3 Å². The number of hydrogen-bond donors (Lipinski definition) is 1. The summed E-state index contributed by atoms with van der Waals surface area (Å²) >= 11 is 0. The normalized spacial score (nSPS) is 10.6. The minimum absolute atomic E-state index is 0.464. The van der Waals surface area contributed by atoms with Crippen molar-refractivity contribution in [3.05, 3.63) is 29.6 Å². The van der Waals surface area contributed by atoms with E-state index in [4.69, 9.17) is 10.00 Å². The van der Waals surface area contributed by atoms with Gasteiger partial charge in [0.15, 0.2) is 0 Å².